The van der Waals surface area contributed by atoms with Gasteiger partial charge < -0.3 is 5.32 Å². The van der Waals surface area contributed by atoms with Gasteiger partial charge in [0.15, 0.2) is 0 Å². The Balaban J connectivity index is 1.99. The van der Waals surface area contributed by atoms with E-state index in [1.54, 1.807) is 0 Å². The summed E-state index contributed by atoms with van der Waals surface area (Å²) in [5.41, 5.74) is 1.46. The van der Waals surface area contributed by atoms with Crippen LogP contribution in [-0.4, -0.2) is 16.5 Å². The lowest BCUT2D eigenvalue weighted by molar-refractivity contribution is 0.441. The zero-order valence-corrected chi connectivity index (χ0v) is 9.75. The molecule has 3 heteroatoms. The summed E-state index contributed by atoms with van der Waals surface area (Å²) in [6, 6.07) is 2.03. The number of aromatic nitrogens is 2. The van der Waals surface area contributed by atoms with Gasteiger partial charge in [0.1, 0.15) is 0 Å². The number of rotatable bonds is 3. The van der Waals surface area contributed by atoms with Gasteiger partial charge in [0, 0.05) is 24.4 Å². The molecular formula is C12H19N3. The van der Waals surface area contributed by atoms with Crippen LogP contribution in [0.2, 0.25) is 0 Å². The lowest BCUT2D eigenvalue weighted by Crippen LogP contribution is -2.20. The predicted molar refractivity (Wildman–Crippen MR) is 62.0 cm³/mol. The Morgan fingerprint density at radius 2 is 2.13 bits per heavy atom. The molecule has 0 aliphatic heterocycles. The first-order valence-corrected chi connectivity index (χ1v) is 5.61. The van der Waals surface area contributed by atoms with Gasteiger partial charge >= 0.3 is 0 Å². The second-order valence-corrected chi connectivity index (χ2v) is 5.49. The van der Waals surface area contributed by atoms with Gasteiger partial charge in [0.25, 0.3) is 0 Å². The Hall–Kier alpha value is -1.12. The molecule has 0 radical (unpaired) electrons. The zero-order valence-electron chi connectivity index (χ0n) is 9.75. The van der Waals surface area contributed by atoms with Gasteiger partial charge in [-0.05, 0) is 24.3 Å². The largest absolute Gasteiger partial charge is 0.354 e. The molecule has 1 heterocycles. The van der Waals surface area contributed by atoms with E-state index in [2.05, 4.69) is 36.1 Å². The maximum Gasteiger partial charge on any atom is 0.222 e. The molecule has 0 aromatic carbocycles. The molecule has 82 valence electrons. The lowest BCUT2D eigenvalue weighted by atomic mass is 9.97. The van der Waals surface area contributed by atoms with Crippen molar-refractivity contribution in [3.8, 4) is 0 Å². The van der Waals surface area contributed by atoms with E-state index >= 15 is 0 Å². The fourth-order valence-corrected chi connectivity index (χ4v) is 1.41. The van der Waals surface area contributed by atoms with Crippen LogP contribution in [0.5, 0.6) is 0 Å². The molecule has 0 saturated heterocycles. The highest BCUT2D eigenvalue weighted by atomic mass is 15.1. The molecule has 15 heavy (non-hydrogen) atoms. The molecule has 1 aliphatic rings. The number of hydrogen-bond donors (Lipinski definition) is 1. The van der Waals surface area contributed by atoms with Crippen molar-refractivity contribution in [3.63, 3.8) is 0 Å². The highest BCUT2D eigenvalue weighted by Crippen LogP contribution is 2.38. The van der Waals surface area contributed by atoms with Gasteiger partial charge in [-0.2, -0.15) is 0 Å². The summed E-state index contributed by atoms with van der Waals surface area (Å²) in [5.74, 6) is 1.47. The first-order valence-electron chi connectivity index (χ1n) is 5.61. The van der Waals surface area contributed by atoms with E-state index in [-0.39, 0.29) is 5.41 Å². The molecule has 1 saturated carbocycles. The number of nitrogens with zero attached hydrogens (tertiary/aromatic N) is 2. The van der Waals surface area contributed by atoms with Gasteiger partial charge in [0.05, 0.1) is 0 Å². The van der Waals surface area contributed by atoms with Crippen molar-refractivity contribution in [2.45, 2.75) is 39.5 Å². The van der Waals surface area contributed by atoms with Crippen LogP contribution in [0.15, 0.2) is 12.3 Å². The quantitative estimate of drug-likeness (QED) is 0.824. The molecule has 0 atom stereocenters. The normalized spacial score (nSPS) is 16.5. The topological polar surface area (TPSA) is 37.8 Å². The van der Waals surface area contributed by atoms with Crippen molar-refractivity contribution in [2.24, 2.45) is 5.41 Å². The Bertz CT molecular complexity index is 337. The summed E-state index contributed by atoms with van der Waals surface area (Å²) < 4.78 is 0. The lowest BCUT2D eigenvalue weighted by Gasteiger charge is -2.18. The van der Waals surface area contributed by atoms with Crippen molar-refractivity contribution in [1.29, 1.82) is 0 Å². The monoisotopic (exact) mass is 205 g/mol. The molecule has 0 spiro atoms. The summed E-state index contributed by atoms with van der Waals surface area (Å²) in [4.78, 5) is 8.75. The minimum absolute atomic E-state index is 0.263. The Morgan fingerprint density at radius 3 is 2.73 bits per heavy atom. The molecule has 1 aliphatic carbocycles. The summed E-state index contributed by atoms with van der Waals surface area (Å²) in [7, 11) is 0. The van der Waals surface area contributed by atoms with Crippen LogP contribution in [0.25, 0.3) is 0 Å². The molecule has 0 amide bonds. The highest BCUT2D eigenvalue weighted by Gasteiger charge is 2.25. The van der Waals surface area contributed by atoms with Gasteiger partial charge in [-0.15, -0.1) is 0 Å². The second-order valence-electron chi connectivity index (χ2n) is 5.49. The van der Waals surface area contributed by atoms with Crippen molar-refractivity contribution in [3.05, 3.63) is 18.0 Å². The summed E-state index contributed by atoms with van der Waals surface area (Å²) in [5, 5.41) is 3.29. The summed E-state index contributed by atoms with van der Waals surface area (Å²) >= 11 is 0. The van der Waals surface area contributed by atoms with E-state index in [9.17, 15) is 0 Å². The van der Waals surface area contributed by atoms with Crippen molar-refractivity contribution in [1.82, 2.24) is 9.97 Å². The average molecular weight is 205 g/mol. The highest BCUT2D eigenvalue weighted by molar-refractivity contribution is 5.28. The first kappa shape index (κ1) is 10.4. The second kappa shape index (κ2) is 3.80. The third kappa shape index (κ3) is 3.18. The SMILES string of the molecule is CC(C)(C)CNc1nccc(C2CC2)n1. The van der Waals surface area contributed by atoms with Gasteiger partial charge in [-0.3, -0.25) is 0 Å². The van der Waals surface area contributed by atoms with Crippen LogP contribution in [0.3, 0.4) is 0 Å². The standard InChI is InChI=1S/C12H19N3/c1-12(2,3)8-14-11-13-7-6-10(15-11)9-4-5-9/h6-7,9H,4-5,8H2,1-3H3,(H,13,14,15). The minimum Gasteiger partial charge on any atom is -0.354 e. The average Bonchev–Trinajstić information content (AvgIpc) is 2.97. The fourth-order valence-electron chi connectivity index (χ4n) is 1.41. The molecule has 1 aromatic heterocycles. The van der Waals surface area contributed by atoms with Crippen molar-refractivity contribution >= 4 is 5.95 Å². The van der Waals surface area contributed by atoms with E-state index in [0.29, 0.717) is 5.92 Å². The van der Waals surface area contributed by atoms with E-state index in [1.165, 1.54) is 18.5 Å². The molecule has 1 N–H and O–H groups in total. The van der Waals surface area contributed by atoms with Crippen LogP contribution < -0.4 is 5.32 Å². The molecule has 0 unspecified atom stereocenters. The fraction of sp³-hybridized carbons (Fsp3) is 0.667. The van der Waals surface area contributed by atoms with E-state index < -0.39 is 0 Å². The molecule has 1 fully saturated rings. The van der Waals surface area contributed by atoms with Crippen LogP contribution in [0, 0.1) is 5.41 Å². The number of hydrogen-bond acceptors (Lipinski definition) is 3. The first-order chi connectivity index (χ1) is 7.04. The Morgan fingerprint density at radius 1 is 1.40 bits per heavy atom. The number of nitrogens with one attached hydrogen (secondary N) is 1. The maximum atomic E-state index is 4.52. The molecular weight excluding hydrogens is 186 g/mol. The molecule has 1 aromatic rings. The number of anilines is 1. The Labute approximate surface area is 91.3 Å². The third-order valence-corrected chi connectivity index (χ3v) is 2.45. The van der Waals surface area contributed by atoms with Crippen molar-refractivity contribution < 1.29 is 0 Å². The van der Waals surface area contributed by atoms with Crippen LogP contribution in [0.1, 0.15) is 45.2 Å². The van der Waals surface area contributed by atoms with Crippen LogP contribution in [0.4, 0.5) is 5.95 Å². The maximum absolute atomic E-state index is 4.52. The van der Waals surface area contributed by atoms with Gasteiger partial charge in [0.2, 0.25) is 5.95 Å². The molecule has 0 bridgehead atoms. The zero-order chi connectivity index (χ0) is 10.9. The molecule has 2 rings (SSSR count). The van der Waals surface area contributed by atoms with Gasteiger partial charge in [-0.25, -0.2) is 9.97 Å². The molecule has 3 nitrogen and oxygen atoms in total. The smallest absolute Gasteiger partial charge is 0.222 e. The van der Waals surface area contributed by atoms with Crippen LogP contribution in [-0.2, 0) is 0 Å². The van der Waals surface area contributed by atoms with Crippen LogP contribution >= 0.6 is 0 Å². The third-order valence-electron chi connectivity index (χ3n) is 2.45. The van der Waals surface area contributed by atoms with E-state index in [4.69, 9.17) is 0 Å². The predicted octanol–water partition coefficient (Wildman–Crippen LogP) is 2.81. The summed E-state index contributed by atoms with van der Waals surface area (Å²) in [6.07, 6.45) is 4.43. The minimum atomic E-state index is 0.263. The Kier molecular flexibility index (Phi) is 2.63. The van der Waals surface area contributed by atoms with E-state index in [0.717, 1.165) is 12.5 Å². The van der Waals surface area contributed by atoms with Crippen molar-refractivity contribution in [2.75, 3.05) is 11.9 Å². The summed E-state index contributed by atoms with van der Waals surface area (Å²) in [6.45, 7) is 7.50. The van der Waals surface area contributed by atoms with E-state index in [1.807, 2.05) is 12.3 Å². The van der Waals surface area contributed by atoms with Gasteiger partial charge in [-0.1, -0.05) is 20.8 Å².